The van der Waals surface area contributed by atoms with Crippen molar-refractivity contribution in [1.82, 2.24) is 9.88 Å². The van der Waals surface area contributed by atoms with Gasteiger partial charge in [0.05, 0.1) is 6.07 Å². The third kappa shape index (κ3) is 2.53. The monoisotopic (exact) mass is 343 g/mol. The smallest absolute Gasteiger partial charge is 0.0628 e. The number of nitriles is 1. The molecule has 1 aliphatic carbocycles. The molecule has 0 saturated carbocycles. The van der Waals surface area contributed by atoms with Gasteiger partial charge < -0.3 is 9.88 Å². The van der Waals surface area contributed by atoms with Gasteiger partial charge in [0.15, 0.2) is 0 Å². The molecule has 0 amide bonds. The minimum absolute atomic E-state index is 0. The fourth-order valence-corrected chi connectivity index (χ4v) is 5.31. The number of hydrogen-bond acceptors (Lipinski definition) is 2. The van der Waals surface area contributed by atoms with Gasteiger partial charge in [-0.25, -0.2) is 0 Å². The van der Waals surface area contributed by atoms with Crippen LogP contribution < -0.4 is 0 Å². The Balaban J connectivity index is 0.00000169. The van der Waals surface area contributed by atoms with E-state index in [1.807, 2.05) is 0 Å². The topological polar surface area (TPSA) is 42.8 Å². The zero-order valence-electron chi connectivity index (χ0n) is 14.5. The van der Waals surface area contributed by atoms with E-state index in [-0.39, 0.29) is 17.8 Å². The second-order valence-corrected chi connectivity index (χ2v) is 7.67. The molecule has 2 heterocycles. The molecule has 4 heteroatoms. The van der Waals surface area contributed by atoms with Crippen LogP contribution in [0.25, 0.3) is 10.9 Å². The van der Waals surface area contributed by atoms with Gasteiger partial charge in [0.25, 0.3) is 0 Å². The van der Waals surface area contributed by atoms with Gasteiger partial charge >= 0.3 is 0 Å². The average molecular weight is 344 g/mol. The maximum absolute atomic E-state index is 9.40. The molecule has 1 aliphatic heterocycles. The van der Waals surface area contributed by atoms with Crippen molar-refractivity contribution in [2.24, 2.45) is 5.41 Å². The first kappa shape index (κ1) is 17.3. The molecule has 0 spiro atoms. The van der Waals surface area contributed by atoms with Crippen LogP contribution >= 0.6 is 12.4 Å². The number of aromatic amines is 1. The molecule has 3 nitrogen and oxygen atoms in total. The number of hydrogen-bond donors (Lipinski definition) is 1. The Kier molecular flexibility index (Phi) is 4.64. The lowest BCUT2D eigenvalue weighted by Gasteiger charge is -2.51. The highest BCUT2D eigenvalue weighted by Crippen LogP contribution is 2.50. The summed E-state index contributed by atoms with van der Waals surface area (Å²) in [6.45, 7) is 3.31. The Morgan fingerprint density at radius 1 is 1.42 bits per heavy atom. The van der Waals surface area contributed by atoms with Crippen LogP contribution in [0.3, 0.4) is 0 Å². The van der Waals surface area contributed by atoms with Crippen LogP contribution in [0.15, 0.2) is 24.4 Å². The predicted molar refractivity (Wildman–Crippen MR) is 101 cm³/mol. The molecule has 3 atom stereocenters. The summed E-state index contributed by atoms with van der Waals surface area (Å²) in [4.78, 5) is 5.98. The predicted octanol–water partition coefficient (Wildman–Crippen LogP) is 4.63. The number of nitrogens with zero attached hydrogens (tertiary/aromatic N) is 2. The molecule has 24 heavy (non-hydrogen) atoms. The molecular weight excluding hydrogens is 318 g/mol. The lowest BCUT2D eigenvalue weighted by molar-refractivity contribution is 0.0375. The van der Waals surface area contributed by atoms with Gasteiger partial charge in [-0.2, -0.15) is 5.26 Å². The maximum atomic E-state index is 9.40. The Morgan fingerprint density at radius 2 is 2.25 bits per heavy atom. The van der Waals surface area contributed by atoms with Crippen LogP contribution in [-0.4, -0.2) is 29.5 Å². The van der Waals surface area contributed by atoms with Crippen molar-refractivity contribution in [3.05, 3.63) is 35.5 Å². The first-order chi connectivity index (χ1) is 11.2. The first-order valence-corrected chi connectivity index (χ1v) is 8.83. The third-order valence-corrected chi connectivity index (χ3v) is 6.15. The second kappa shape index (κ2) is 6.43. The highest BCUT2D eigenvalue weighted by atomic mass is 35.5. The molecule has 4 rings (SSSR count). The molecule has 1 saturated heterocycles. The Hall–Kier alpha value is -1.50. The van der Waals surface area contributed by atoms with E-state index >= 15 is 0 Å². The van der Waals surface area contributed by atoms with E-state index in [1.165, 1.54) is 22.0 Å². The summed E-state index contributed by atoms with van der Waals surface area (Å²) < 4.78 is 0. The van der Waals surface area contributed by atoms with E-state index in [2.05, 4.69) is 54.3 Å². The van der Waals surface area contributed by atoms with E-state index in [1.54, 1.807) is 0 Å². The van der Waals surface area contributed by atoms with Gasteiger partial charge in [-0.1, -0.05) is 25.5 Å². The minimum atomic E-state index is 0. The summed E-state index contributed by atoms with van der Waals surface area (Å²) >= 11 is 0. The summed E-state index contributed by atoms with van der Waals surface area (Å²) in [6.07, 6.45) is 7.49. The highest BCUT2D eigenvalue weighted by Gasteiger charge is 2.45. The van der Waals surface area contributed by atoms with Crippen molar-refractivity contribution < 1.29 is 0 Å². The van der Waals surface area contributed by atoms with Gasteiger partial charge in [0.1, 0.15) is 0 Å². The molecule has 0 radical (unpaired) electrons. The highest BCUT2D eigenvalue weighted by molar-refractivity contribution is 5.88. The molecule has 128 valence electrons. The number of nitrogens with one attached hydrogen (secondary N) is 1. The van der Waals surface area contributed by atoms with Gasteiger partial charge in [0.2, 0.25) is 0 Å². The van der Waals surface area contributed by atoms with Crippen LogP contribution in [0, 0.1) is 16.7 Å². The molecule has 1 N–H and O–H groups in total. The van der Waals surface area contributed by atoms with Crippen LogP contribution in [0.5, 0.6) is 0 Å². The van der Waals surface area contributed by atoms with Crippen molar-refractivity contribution in [2.45, 2.75) is 51.0 Å². The van der Waals surface area contributed by atoms with Crippen molar-refractivity contribution in [1.29, 1.82) is 5.26 Å². The second-order valence-electron chi connectivity index (χ2n) is 7.67. The number of piperidine rings is 1. The lowest BCUT2D eigenvalue weighted by atomic mass is 9.64. The number of fused-ring (bicyclic) bond motifs is 2. The molecule has 1 aromatic carbocycles. The molecule has 0 bridgehead atoms. The third-order valence-electron chi connectivity index (χ3n) is 6.15. The van der Waals surface area contributed by atoms with Crippen LogP contribution in [-0.2, 0) is 6.42 Å². The van der Waals surface area contributed by atoms with Crippen molar-refractivity contribution in [3.63, 3.8) is 0 Å². The Bertz CT molecular complexity index is 775. The Morgan fingerprint density at radius 3 is 3.00 bits per heavy atom. The van der Waals surface area contributed by atoms with Crippen LogP contribution in [0.2, 0.25) is 0 Å². The summed E-state index contributed by atoms with van der Waals surface area (Å²) in [5.41, 5.74) is 4.40. The number of aromatic nitrogens is 1. The van der Waals surface area contributed by atoms with E-state index < -0.39 is 0 Å². The summed E-state index contributed by atoms with van der Waals surface area (Å²) in [5, 5.41) is 10.8. The zero-order chi connectivity index (χ0) is 16.0. The van der Waals surface area contributed by atoms with Crippen molar-refractivity contribution in [3.8, 4) is 6.07 Å². The molecule has 2 aliphatic rings. The van der Waals surface area contributed by atoms with Crippen LogP contribution in [0.4, 0.5) is 0 Å². The number of halogens is 1. The van der Waals surface area contributed by atoms with Crippen molar-refractivity contribution in [2.75, 3.05) is 13.6 Å². The van der Waals surface area contributed by atoms with E-state index in [0.29, 0.717) is 18.4 Å². The Labute approximate surface area is 150 Å². The first-order valence-electron chi connectivity index (χ1n) is 8.83. The van der Waals surface area contributed by atoms with E-state index in [0.717, 1.165) is 32.2 Å². The lowest BCUT2D eigenvalue weighted by Crippen LogP contribution is -2.52. The van der Waals surface area contributed by atoms with Crippen LogP contribution in [0.1, 0.15) is 49.7 Å². The van der Waals surface area contributed by atoms with Crippen molar-refractivity contribution >= 4 is 23.3 Å². The molecule has 2 aromatic rings. The molecule has 1 aromatic heterocycles. The number of benzene rings is 1. The molecular formula is C20H26ClN3. The average Bonchev–Trinajstić information content (AvgIpc) is 2.94. The zero-order valence-corrected chi connectivity index (χ0v) is 15.3. The number of likely N-dealkylation sites (tertiary alicyclic amines) is 1. The SMILES string of the molecule is CCCC1(CC#N)C[C@H]2c3cccc4[nH]cc(c34)C[C@@H]2N(C)C1.Cl. The molecule has 1 fully saturated rings. The largest absolute Gasteiger partial charge is 0.361 e. The summed E-state index contributed by atoms with van der Waals surface area (Å²) in [5.74, 6) is 0.556. The van der Waals surface area contributed by atoms with Gasteiger partial charge in [-0.3, -0.25) is 0 Å². The summed E-state index contributed by atoms with van der Waals surface area (Å²) in [6, 6.07) is 9.75. The number of likely N-dealkylation sites (N-methyl/N-ethyl adjacent to an activating group) is 1. The normalized spacial score (nSPS) is 28.9. The van der Waals surface area contributed by atoms with Gasteiger partial charge in [-0.05, 0) is 48.9 Å². The fourth-order valence-electron chi connectivity index (χ4n) is 5.31. The van der Waals surface area contributed by atoms with E-state index in [9.17, 15) is 5.26 Å². The number of H-pyrrole nitrogens is 1. The minimum Gasteiger partial charge on any atom is -0.361 e. The fraction of sp³-hybridized carbons (Fsp3) is 0.550. The maximum Gasteiger partial charge on any atom is 0.0628 e. The summed E-state index contributed by atoms with van der Waals surface area (Å²) in [7, 11) is 2.26. The standard InChI is InChI=1S/C20H25N3.ClH/c1-3-7-20(8-9-21)11-16-15-5-4-6-17-19(15)14(12-22-17)10-18(16)23(2)13-20;/h4-6,12,16,18,22H,3,7-8,10-11,13H2,1-2H3;1H/t16-,18-,20?;/m0./s1. The molecule has 1 unspecified atom stereocenters. The van der Waals surface area contributed by atoms with Gasteiger partial charge in [-0.15, -0.1) is 12.4 Å². The number of rotatable bonds is 3. The van der Waals surface area contributed by atoms with E-state index in [4.69, 9.17) is 0 Å². The quantitative estimate of drug-likeness (QED) is 0.882. The van der Waals surface area contributed by atoms with Gasteiger partial charge in [0, 0.05) is 42.0 Å².